The Balaban J connectivity index is 2.83. The van der Waals surface area contributed by atoms with E-state index in [4.69, 9.17) is 0 Å². The van der Waals surface area contributed by atoms with Crippen molar-refractivity contribution in [3.63, 3.8) is 0 Å². The number of carbonyl (C=O) groups is 1. The van der Waals surface area contributed by atoms with Crippen LogP contribution in [0.15, 0.2) is 0 Å². The Kier molecular flexibility index (Phi) is 2.84. The van der Waals surface area contributed by atoms with E-state index in [1.54, 1.807) is 0 Å². The third kappa shape index (κ3) is 3.75. The van der Waals surface area contributed by atoms with E-state index >= 15 is 0 Å². The van der Waals surface area contributed by atoms with Crippen LogP contribution < -0.4 is 15.6 Å². The summed E-state index contributed by atoms with van der Waals surface area (Å²) >= 11 is 2.69. The second-order valence-corrected chi connectivity index (χ2v) is 0.879. The normalized spacial score (nSPS) is 7.50. The standard InChI is InChI=1S/CH4N3O.Mn/c2-1(5)4-3;/h3H,(H3,2,4,5);/q-1;+1. The van der Waals surface area contributed by atoms with Crippen LogP contribution in [-0.2, 0) is 16.2 Å². The van der Waals surface area contributed by atoms with Crippen LogP contribution in [0.5, 0.6) is 0 Å². The summed E-state index contributed by atoms with van der Waals surface area (Å²) in [5.41, 5.74) is 6.57. The summed E-state index contributed by atoms with van der Waals surface area (Å²) in [4.78, 5) is 9.62. The number of nitrogens with one attached hydrogen (secondary N) is 2. The van der Waals surface area contributed by atoms with Crippen LogP contribution in [0.1, 0.15) is 0 Å². The molecule has 0 radical (unpaired) electrons. The molecule has 2 amide bonds. The molecular weight excluding hydrogens is 125 g/mol. The Hall–Kier alpha value is -0.251. The van der Waals surface area contributed by atoms with E-state index in [9.17, 15) is 4.79 Å². The van der Waals surface area contributed by atoms with Crippen molar-refractivity contribution < 1.29 is 21.0 Å². The van der Waals surface area contributed by atoms with Gasteiger partial charge in [-0.1, -0.05) is 0 Å². The molecule has 0 aliphatic heterocycles. The van der Waals surface area contributed by atoms with Crippen LogP contribution >= 0.6 is 0 Å². The summed E-state index contributed by atoms with van der Waals surface area (Å²) in [5, 5.41) is 0. The summed E-state index contributed by atoms with van der Waals surface area (Å²) in [6, 6.07) is -0.619. The van der Waals surface area contributed by atoms with Gasteiger partial charge in [0.2, 0.25) is 0 Å². The molecule has 0 atom stereocenters. The topological polar surface area (TPSA) is 67.2 Å². The quantitative estimate of drug-likeness (QED) is 0.301. The summed E-state index contributed by atoms with van der Waals surface area (Å²) in [5.74, 6) is 0. The molecule has 4 N–H and O–H groups in total. The number of primary amides is 1. The van der Waals surface area contributed by atoms with Gasteiger partial charge in [0.1, 0.15) is 0 Å². The van der Waals surface area contributed by atoms with Gasteiger partial charge in [-0.25, -0.2) is 0 Å². The van der Waals surface area contributed by atoms with Crippen LogP contribution in [0.25, 0.3) is 0 Å². The molecule has 0 fully saturated rings. The van der Waals surface area contributed by atoms with Crippen molar-refractivity contribution in [2.24, 2.45) is 5.73 Å². The zero-order chi connectivity index (χ0) is 4.99. The first-order valence-electron chi connectivity index (χ1n) is 1.18. The molecule has 36 valence electrons. The fourth-order valence-electron chi connectivity index (χ4n) is 0.0466. The predicted octanol–water partition coefficient (Wildman–Crippen LogP) is -1.38. The first-order chi connectivity index (χ1) is 2.77. The van der Waals surface area contributed by atoms with E-state index in [0.29, 0.717) is 0 Å². The van der Waals surface area contributed by atoms with Crippen molar-refractivity contribution in [2.45, 2.75) is 0 Å². The van der Waals surface area contributed by atoms with Gasteiger partial charge >= 0.3 is 42.7 Å². The molecule has 5 heteroatoms. The van der Waals surface area contributed by atoms with Crippen molar-refractivity contribution in [1.82, 2.24) is 9.87 Å². The van der Waals surface area contributed by atoms with E-state index in [-0.39, 0.29) is 0 Å². The van der Waals surface area contributed by atoms with Gasteiger partial charge in [0.05, 0.1) is 0 Å². The molecule has 0 unspecified atom stereocenters. The zero-order valence-electron chi connectivity index (χ0n) is 2.86. The molecule has 0 aliphatic rings. The minimum absolute atomic E-state index is 0.619. The molecular formula is CH4MnN3O. The number of amides is 2. The van der Waals surface area contributed by atoms with E-state index in [0.717, 1.165) is 0 Å². The zero-order valence-corrected chi connectivity index (χ0v) is 4.04. The summed E-state index contributed by atoms with van der Waals surface area (Å²) in [7, 11) is 0. The molecule has 4 nitrogen and oxygen atoms in total. The van der Waals surface area contributed by atoms with Gasteiger partial charge in [-0.3, -0.25) is 0 Å². The van der Waals surface area contributed by atoms with Gasteiger partial charge in [0, 0.05) is 0 Å². The van der Waals surface area contributed by atoms with Gasteiger partial charge < -0.3 is 0 Å². The Bertz CT molecular complexity index is 54.8. The monoisotopic (exact) mass is 129 g/mol. The average molecular weight is 129 g/mol. The Morgan fingerprint density at radius 1 is 1.83 bits per heavy atom. The fourth-order valence-corrected chi connectivity index (χ4v) is 0.192. The maximum atomic E-state index is 9.62. The second kappa shape index (κ2) is 2.96. The van der Waals surface area contributed by atoms with Crippen LogP contribution in [0.4, 0.5) is 4.79 Å². The molecule has 0 spiro atoms. The van der Waals surface area contributed by atoms with E-state index < -0.39 is 6.03 Å². The van der Waals surface area contributed by atoms with Crippen molar-refractivity contribution in [1.29, 1.82) is 0 Å². The van der Waals surface area contributed by atoms with Crippen LogP contribution in [0.3, 0.4) is 0 Å². The molecule has 0 heterocycles. The number of hydrogen-bond acceptors (Lipinski definition) is 2. The van der Waals surface area contributed by atoms with Crippen LogP contribution in [0, 0.1) is 0 Å². The third-order valence-electron chi connectivity index (χ3n) is 0.170. The maximum absolute atomic E-state index is 9.62. The molecule has 0 bridgehead atoms. The van der Waals surface area contributed by atoms with Gasteiger partial charge in [0.25, 0.3) is 0 Å². The molecule has 0 aromatic heterocycles. The summed E-state index contributed by atoms with van der Waals surface area (Å²) < 4.78 is 2.16. The fraction of sp³-hybridized carbons (Fsp3) is 0. The Morgan fingerprint density at radius 3 is 2.33 bits per heavy atom. The van der Waals surface area contributed by atoms with E-state index in [1.807, 2.05) is 5.43 Å². The number of carbonyl (C=O) groups excluding carboxylic acids is 1. The van der Waals surface area contributed by atoms with Crippen molar-refractivity contribution in [2.75, 3.05) is 0 Å². The Labute approximate surface area is 43.5 Å². The van der Waals surface area contributed by atoms with Crippen molar-refractivity contribution in [3.8, 4) is 0 Å². The predicted molar refractivity (Wildman–Crippen MR) is 15.9 cm³/mol. The summed E-state index contributed by atoms with van der Waals surface area (Å²) in [6.07, 6.45) is 0. The molecule has 0 saturated heterocycles. The number of hydrogen-bond donors (Lipinski definition) is 3. The molecule has 0 saturated carbocycles. The third-order valence-corrected chi connectivity index (χ3v) is 0.318. The first kappa shape index (κ1) is 5.75. The number of nitrogens with two attached hydrogens (primary N) is 1. The molecule has 0 aromatic rings. The molecule has 6 heavy (non-hydrogen) atoms. The second-order valence-electron chi connectivity index (χ2n) is 0.584. The average Bonchev–Trinajstić information content (AvgIpc) is 1.35. The molecule has 0 aromatic carbocycles. The summed E-state index contributed by atoms with van der Waals surface area (Å²) in [6.45, 7) is 0. The molecule has 0 rings (SSSR count). The van der Waals surface area contributed by atoms with Crippen molar-refractivity contribution >= 4 is 6.03 Å². The molecule has 0 aliphatic carbocycles. The Morgan fingerprint density at radius 2 is 2.33 bits per heavy atom. The van der Waals surface area contributed by atoms with Gasteiger partial charge in [-0.2, -0.15) is 0 Å². The number of rotatable bonds is 1. The van der Waals surface area contributed by atoms with Crippen LogP contribution in [-0.4, -0.2) is 6.03 Å². The minimum atomic E-state index is -0.619. The van der Waals surface area contributed by atoms with E-state index in [1.165, 1.54) is 0 Å². The van der Waals surface area contributed by atoms with Crippen molar-refractivity contribution in [3.05, 3.63) is 0 Å². The van der Waals surface area contributed by atoms with E-state index in [2.05, 4.69) is 26.4 Å². The SMILES string of the molecule is NC(=O)N[NH][Mn]. The number of hydrazine groups is 1. The van der Waals surface area contributed by atoms with Gasteiger partial charge in [-0.15, -0.1) is 0 Å². The van der Waals surface area contributed by atoms with Gasteiger partial charge in [0.15, 0.2) is 0 Å². The van der Waals surface area contributed by atoms with Crippen LogP contribution in [0.2, 0.25) is 0 Å². The first-order valence-corrected chi connectivity index (χ1v) is 1.77. The number of urea groups is 1. The van der Waals surface area contributed by atoms with Gasteiger partial charge in [-0.05, 0) is 0 Å².